The molecule has 0 aliphatic rings. The van der Waals surface area contributed by atoms with Crippen LogP contribution in [-0.2, 0) is 4.79 Å². The Morgan fingerprint density at radius 3 is 3.08 bits per heavy atom. The Kier molecular flexibility index (Phi) is 1.66. The van der Waals surface area contributed by atoms with Crippen LogP contribution in [0.25, 0.3) is 11.1 Å². The summed E-state index contributed by atoms with van der Waals surface area (Å²) in [5.41, 5.74) is 1.19. The molecule has 2 rings (SSSR count). The van der Waals surface area contributed by atoms with Crippen molar-refractivity contribution in [3.63, 3.8) is 0 Å². The van der Waals surface area contributed by atoms with Gasteiger partial charge in [0.05, 0.1) is 5.56 Å². The van der Waals surface area contributed by atoms with E-state index in [0.29, 0.717) is 11.1 Å². The van der Waals surface area contributed by atoms with Crippen LogP contribution in [0.15, 0.2) is 29.0 Å². The fourth-order valence-corrected chi connectivity index (χ4v) is 1.14. The van der Waals surface area contributed by atoms with E-state index in [1.165, 1.54) is 12.5 Å². The monoisotopic (exact) mass is 175 g/mol. The average Bonchev–Trinajstić information content (AvgIpc) is 2.63. The van der Waals surface area contributed by atoms with Gasteiger partial charge in [-0.1, -0.05) is 6.07 Å². The number of benzene rings is 1. The number of aromatic nitrogens is 1. The van der Waals surface area contributed by atoms with Crippen molar-refractivity contribution in [3.05, 3.63) is 30.2 Å². The predicted molar refractivity (Wildman–Crippen MR) is 44.4 cm³/mol. The summed E-state index contributed by atoms with van der Waals surface area (Å²) in [5.74, 6) is -0.595. The average molecular weight is 175 g/mol. The highest BCUT2D eigenvalue weighted by atomic mass is 16.3. The van der Waals surface area contributed by atoms with Gasteiger partial charge in [-0.25, -0.2) is 4.98 Å². The van der Waals surface area contributed by atoms with Crippen LogP contribution in [0, 0.1) is 0 Å². The minimum Gasteiger partial charge on any atom is -0.443 e. The van der Waals surface area contributed by atoms with E-state index in [9.17, 15) is 9.59 Å². The number of fused-ring (bicyclic) bond motifs is 1. The van der Waals surface area contributed by atoms with Crippen LogP contribution in [0.1, 0.15) is 10.4 Å². The van der Waals surface area contributed by atoms with E-state index in [1.54, 1.807) is 12.1 Å². The third kappa shape index (κ3) is 1.12. The van der Waals surface area contributed by atoms with E-state index in [-0.39, 0.29) is 11.8 Å². The Bertz CT molecular complexity index is 472. The van der Waals surface area contributed by atoms with E-state index < -0.39 is 5.78 Å². The zero-order chi connectivity index (χ0) is 9.26. The minimum absolute atomic E-state index is 0.255. The summed E-state index contributed by atoms with van der Waals surface area (Å²) >= 11 is 0. The lowest BCUT2D eigenvalue weighted by Crippen LogP contribution is -1.99. The van der Waals surface area contributed by atoms with Crippen molar-refractivity contribution in [3.8, 4) is 0 Å². The van der Waals surface area contributed by atoms with Gasteiger partial charge in [0.1, 0.15) is 5.52 Å². The summed E-state index contributed by atoms with van der Waals surface area (Å²) in [6, 6.07) is 4.90. The fourth-order valence-electron chi connectivity index (χ4n) is 1.14. The summed E-state index contributed by atoms with van der Waals surface area (Å²) < 4.78 is 4.98. The zero-order valence-corrected chi connectivity index (χ0v) is 6.56. The Labute approximate surface area is 73.2 Å². The normalized spacial score (nSPS) is 10.2. The van der Waals surface area contributed by atoms with E-state index in [0.717, 1.165) is 0 Å². The minimum atomic E-state index is -0.595. The predicted octanol–water partition coefficient (Wildman–Crippen LogP) is 1.21. The number of ketones is 1. The Morgan fingerprint density at radius 2 is 2.31 bits per heavy atom. The van der Waals surface area contributed by atoms with E-state index >= 15 is 0 Å². The van der Waals surface area contributed by atoms with Crippen molar-refractivity contribution in [2.24, 2.45) is 0 Å². The highest BCUT2D eigenvalue weighted by molar-refractivity contribution is 6.35. The van der Waals surface area contributed by atoms with Crippen molar-refractivity contribution < 1.29 is 14.0 Å². The molecule has 0 saturated carbocycles. The van der Waals surface area contributed by atoms with Gasteiger partial charge in [-0.15, -0.1) is 0 Å². The van der Waals surface area contributed by atoms with Gasteiger partial charge in [0, 0.05) is 0 Å². The van der Waals surface area contributed by atoms with Gasteiger partial charge in [0.25, 0.3) is 0 Å². The quantitative estimate of drug-likeness (QED) is 0.391. The molecule has 4 heteroatoms. The van der Waals surface area contributed by atoms with Crippen LogP contribution in [0.3, 0.4) is 0 Å². The molecule has 0 amide bonds. The molecule has 0 radical (unpaired) electrons. The number of oxazole rings is 1. The largest absolute Gasteiger partial charge is 0.443 e. The van der Waals surface area contributed by atoms with Crippen LogP contribution >= 0.6 is 0 Å². The SMILES string of the molecule is O=CC(=O)c1cccc2ncoc12. The summed E-state index contributed by atoms with van der Waals surface area (Å²) in [6.45, 7) is 0. The first kappa shape index (κ1) is 7.67. The molecular formula is C9H5NO3. The smallest absolute Gasteiger partial charge is 0.229 e. The fraction of sp³-hybridized carbons (Fsp3) is 0. The maximum atomic E-state index is 11.1. The lowest BCUT2D eigenvalue weighted by molar-refractivity contribution is -0.104. The number of nitrogens with zero attached hydrogens (tertiary/aromatic N) is 1. The third-order valence-corrected chi connectivity index (χ3v) is 1.73. The lowest BCUT2D eigenvalue weighted by atomic mass is 10.1. The molecule has 0 saturated heterocycles. The number of para-hydroxylation sites is 1. The van der Waals surface area contributed by atoms with Crippen molar-refractivity contribution in [1.82, 2.24) is 4.98 Å². The zero-order valence-electron chi connectivity index (χ0n) is 6.56. The second-order valence-corrected chi connectivity index (χ2v) is 2.49. The summed E-state index contributed by atoms with van der Waals surface area (Å²) in [5, 5.41) is 0. The number of Topliss-reactive ketones (excluding diaryl/α,β-unsaturated/α-hetero) is 1. The topological polar surface area (TPSA) is 60.2 Å². The number of rotatable bonds is 2. The molecule has 0 aliphatic heterocycles. The molecule has 1 heterocycles. The van der Waals surface area contributed by atoms with Gasteiger partial charge < -0.3 is 4.42 Å². The number of hydrogen-bond acceptors (Lipinski definition) is 4. The van der Waals surface area contributed by atoms with Crippen molar-refractivity contribution in [2.75, 3.05) is 0 Å². The van der Waals surface area contributed by atoms with Crippen LogP contribution in [0.4, 0.5) is 0 Å². The van der Waals surface area contributed by atoms with E-state index in [4.69, 9.17) is 4.42 Å². The van der Waals surface area contributed by atoms with Crippen LogP contribution < -0.4 is 0 Å². The maximum Gasteiger partial charge on any atom is 0.229 e. The first-order valence-electron chi connectivity index (χ1n) is 3.64. The molecule has 0 N–H and O–H groups in total. The van der Waals surface area contributed by atoms with Crippen LogP contribution in [0.5, 0.6) is 0 Å². The number of aldehydes is 1. The number of carbonyl (C=O) groups excluding carboxylic acids is 2. The second kappa shape index (κ2) is 2.82. The first-order valence-corrected chi connectivity index (χ1v) is 3.64. The standard InChI is InChI=1S/C9H5NO3/c11-4-8(12)6-2-1-3-7-9(6)13-5-10-7/h1-5H. The number of hydrogen-bond donors (Lipinski definition) is 0. The molecule has 1 aromatic carbocycles. The van der Waals surface area contributed by atoms with Gasteiger partial charge in [0.15, 0.2) is 18.3 Å². The van der Waals surface area contributed by atoms with E-state index in [1.807, 2.05) is 0 Å². The van der Waals surface area contributed by atoms with Crippen molar-refractivity contribution in [1.29, 1.82) is 0 Å². The van der Waals surface area contributed by atoms with Crippen molar-refractivity contribution >= 4 is 23.2 Å². The third-order valence-electron chi connectivity index (χ3n) is 1.73. The second-order valence-electron chi connectivity index (χ2n) is 2.49. The van der Waals surface area contributed by atoms with E-state index in [2.05, 4.69) is 4.98 Å². The Morgan fingerprint density at radius 1 is 1.46 bits per heavy atom. The molecule has 0 unspecified atom stereocenters. The van der Waals surface area contributed by atoms with Gasteiger partial charge in [-0.05, 0) is 12.1 Å². The van der Waals surface area contributed by atoms with Gasteiger partial charge in [-0.3, -0.25) is 9.59 Å². The molecule has 2 aromatic rings. The molecule has 4 nitrogen and oxygen atoms in total. The first-order chi connectivity index (χ1) is 6.33. The summed E-state index contributed by atoms with van der Waals surface area (Å²) in [6.07, 6.45) is 1.50. The van der Waals surface area contributed by atoms with Gasteiger partial charge in [-0.2, -0.15) is 0 Å². The number of carbonyl (C=O) groups is 2. The molecule has 0 fully saturated rings. The van der Waals surface area contributed by atoms with Crippen molar-refractivity contribution in [2.45, 2.75) is 0 Å². The molecule has 1 aromatic heterocycles. The molecule has 64 valence electrons. The van der Waals surface area contributed by atoms with Gasteiger partial charge >= 0.3 is 0 Å². The lowest BCUT2D eigenvalue weighted by Gasteiger charge is -1.92. The van der Waals surface area contributed by atoms with Crippen LogP contribution in [-0.4, -0.2) is 17.1 Å². The molecule has 0 spiro atoms. The Hall–Kier alpha value is -1.97. The molecule has 13 heavy (non-hydrogen) atoms. The molecule has 0 bridgehead atoms. The maximum absolute atomic E-state index is 11.1. The molecule has 0 atom stereocenters. The molecule has 0 aliphatic carbocycles. The van der Waals surface area contributed by atoms with Crippen LogP contribution in [0.2, 0.25) is 0 Å². The Balaban J connectivity index is 2.74. The highest BCUT2D eigenvalue weighted by Gasteiger charge is 2.11. The van der Waals surface area contributed by atoms with Gasteiger partial charge in [0.2, 0.25) is 5.78 Å². The summed E-state index contributed by atoms with van der Waals surface area (Å²) in [7, 11) is 0. The summed E-state index contributed by atoms with van der Waals surface area (Å²) in [4.78, 5) is 25.2. The molecular weight excluding hydrogens is 170 g/mol. The highest BCUT2D eigenvalue weighted by Crippen LogP contribution is 2.16.